The van der Waals surface area contributed by atoms with Crippen molar-refractivity contribution in [2.75, 3.05) is 27.8 Å². The first-order valence-electron chi connectivity index (χ1n) is 5.05. The van der Waals surface area contributed by atoms with Crippen LogP contribution in [0.4, 0.5) is 0 Å². The summed E-state index contributed by atoms with van der Waals surface area (Å²) in [5, 5.41) is 2.84. The van der Waals surface area contributed by atoms with E-state index in [0.29, 0.717) is 17.1 Å². The van der Waals surface area contributed by atoms with Crippen molar-refractivity contribution in [3.8, 4) is 11.5 Å². The summed E-state index contributed by atoms with van der Waals surface area (Å²) in [6, 6.07) is 3.65. The smallest absolute Gasteiger partial charge is 0.180 e. The molecule has 0 aliphatic heterocycles. The highest BCUT2D eigenvalue weighted by Gasteiger charge is 2.18. The van der Waals surface area contributed by atoms with Crippen molar-refractivity contribution >= 4 is 5.78 Å². The molecule has 1 aromatic carbocycles. The molecule has 0 amide bonds. The molecule has 0 aromatic heterocycles. The molecule has 0 atom stereocenters. The molecule has 0 bridgehead atoms. The summed E-state index contributed by atoms with van der Waals surface area (Å²) < 4.78 is 10.4. The maximum atomic E-state index is 11.9. The van der Waals surface area contributed by atoms with Gasteiger partial charge >= 0.3 is 0 Å². The summed E-state index contributed by atoms with van der Waals surface area (Å²) in [4.78, 5) is 11.9. The number of likely N-dealkylation sites (N-methyl/N-ethyl adjacent to an activating group) is 1. The lowest BCUT2D eigenvalue weighted by Gasteiger charge is -2.14. The molecule has 0 spiro atoms. The number of benzene rings is 1. The van der Waals surface area contributed by atoms with Crippen molar-refractivity contribution in [2.24, 2.45) is 0 Å². The zero-order valence-corrected chi connectivity index (χ0v) is 10.1. The summed E-state index contributed by atoms with van der Waals surface area (Å²) in [5.41, 5.74) is 1.47. The van der Waals surface area contributed by atoms with Crippen LogP contribution in [0, 0.1) is 6.92 Å². The minimum absolute atomic E-state index is 0.00394. The Balaban J connectivity index is 3.28. The van der Waals surface area contributed by atoms with Gasteiger partial charge in [-0.1, -0.05) is 6.07 Å². The molecule has 0 aliphatic rings. The number of Topliss-reactive ketones (excluding diaryl/α,β-unsaturated/α-hetero) is 1. The normalized spacial score (nSPS) is 10.0. The Hall–Kier alpha value is -1.55. The van der Waals surface area contributed by atoms with Gasteiger partial charge in [-0.2, -0.15) is 0 Å². The standard InChI is InChI=1S/C12H17NO3/c1-8-5-6-10(15-3)12(16-4)11(8)9(14)7-13-2/h5-6,13H,7H2,1-4H3. The molecule has 0 saturated heterocycles. The molecule has 0 aliphatic carbocycles. The predicted octanol–water partition coefficient (Wildman–Crippen LogP) is 1.41. The second-order valence-electron chi connectivity index (χ2n) is 3.45. The number of hydrogen-bond donors (Lipinski definition) is 1. The minimum atomic E-state index is -0.00394. The lowest BCUT2D eigenvalue weighted by Crippen LogP contribution is -2.20. The first-order valence-corrected chi connectivity index (χ1v) is 5.05. The Bertz CT molecular complexity index is 388. The fourth-order valence-corrected chi connectivity index (χ4v) is 1.62. The number of ketones is 1. The number of hydrogen-bond acceptors (Lipinski definition) is 4. The molecule has 4 heteroatoms. The van der Waals surface area contributed by atoms with Gasteiger partial charge in [0.05, 0.1) is 26.3 Å². The summed E-state index contributed by atoms with van der Waals surface area (Å²) in [6.45, 7) is 2.16. The van der Waals surface area contributed by atoms with Gasteiger partial charge in [0, 0.05) is 0 Å². The summed E-state index contributed by atoms with van der Waals surface area (Å²) in [5.74, 6) is 1.08. The van der Waals surface area contributed by atoms with Crippen LogP contribution in [0.15, 0.2) is 12.1 Å². The van der Waals surface area contributed by atoms with Crippen molar-refractivity contribution in [3.05, 3.63) is 23.3 Å². The van der Waals surface area contributed by atoms with Gasteiger partial charge in [-0.25, -0.2) is 0 Å². The number of ether oxygens (including phenoxy) is 2. The van der Waals surface area contributed by atoms with Gasteiger partial charge in [-0.3, -0.25) is 4.79 Å². The Labute approximate surface area is 95.6 Å². The Morgan fingerprint density at radius 2 is 2.00 bits per heavy atom. The van der Waals surface area contributed by atoms with Crippen LogP contribution in [0.25, 0.3) is 0 Å². The zero-order valence-electron chi connectivity index (χ0n) is 10.1. The van der Waals surface area contributed by atoms with Gasteiger partial charge in [-0.05, 0) is 25.6 Å². The van der Waals surface area contributed by atoms with E-state index in [4.69, 9.17) is 9.47 Å². The SMILES string of the molecule is CNCC(=O)c1c(C)ccc(OC)c1OC. The third-order valence-corrected chi connectivity index (χ3v) is 2.37. The van der Waals surface area contributed by atoms with Gasteiger partial charge < -0.3 is 14.8 Å². The largest absolute Gasteiger partial charge is 0.493 e. The van der Waals surface area contributed by atoms with Crippen LogP contribution in [0.2, 0.25) is 0 Å². The molecule has 4 nitrogen and oxygen atoms in total. The Morgan fingerprint density at radius 1 is 1.31 bits per heavy atom. The molecular formula is C12H17NO3. The molecule has 16 heavy (non-hydrogen) atoms. The number of aryl methyl sites for hydroxylation is 1. The molecule has 1 N–H and O–H groups in total. The maximum absolute atomic E-state index is 11.9. The quantitative estimate of drug-likeness (QED) is 0.767. The van der Waals surface area contributed by atoms with Crippen molar-refractivity contribution in [1.29, 1.82) is 0 Å². The molecule has 1 aromatic rings. The highest BCUT2D eigenvalue weighted by Crippen LogP contribution is 2.33. The molecule has 88 valence electrons. The minimum Gasteiger partial charge on any atom is -0.493 e. The van der Waals surface area contributed by atoms with E-state index in [1.54, 1.807) is 20.2 Å². The van der Waals surface area contributed by atoms with E-state index in [0.717, 1.165) is 5.56 Å². The lowest BCUT2D eigenvalue weighted by atomic mass is 10.0. The molecule has 1 rings (SSSR count). The average molecular weight is 223 g/mol. The highest BCUT2D eigenvalue weighted by molar-refractivity contribution is 6.02. The van der Waals surface area contributed by atoms with E-state index in [9.17, 15) is 4.79 Å². The van der Waals surface area contributed by atoms with Gasteiger partial charge in [0.15, 0.2) is 17.3 Å². The van der Waals surface area contributed by atoms with E-state index < -0.39 is 0 Å². The van der Waals surface area contributed by atoms with E-state index in [1.807, 2.05) is 13.0 Å². The number of rotatable bonds is 5. The van der Waals surface area contributed by atoms with E-state index in [-0.39, 0.29) is 12.3 Å². The van der Waals surface area contributed by atoms with Crippen molar-refractivity contribution in [2.45, 2.75) is 6.92 Å². The first-order chi connectivity index (χ1) is 7.65. The fraction of sp³-hybridized carbons (Fsp3) is 0.417. The molecular weight excluding hydrogens is 206 g/mol. The molecule has 0 saturated carbocycles. The van der Waals surface area contributed by atoms with Gasteiger partial charge in [0.1, 0.15) is 0 Å². The zero-order chi connectivity index (χ0) is 12.1. The van der Waals surface area contributed by atoms with E-state index in [1.165, 1.54) is 7.11 Å². The lowest BCUT2D eigenvalue weighted by molar-refractivity contribution is 0.0989. The van der Waals surface area contributed by atoms with Crippen LogP contribution < -0.4 is 14.8 Å². The molecule has 0 heterocycles. The third kappa shape index (κ3) is 2.33. The van der Waals surface area contributed by atoms with Crippen LogP contribution in [0.3, 0.4) is 0 Å². The van der Waals surface area contributed by atoms with E-state index in [2.05, 4.69) is 5.32 Å². The van der Waals surface area contributed by atoms with Gasteiger partial charge in [0.2, 0.25) is 0 Å². The summed E-state index contributed by atoms with van der Waals surface area (Å²) in [6.07, 6.45) is 0. The van der Waals surface area contributed by atoms with E-state index >= 15 is 0 Å². The maximum Gasteiger partial charge on any atom is 0.180 e. The van der Waals surface area contributed by atoms with Crippen LogP contribution in [-0.2, 0) is 0 Å². The van der Waals surface area contributed by atoms with Gasteiger partial charge in [0.25, 0.3) is 0 Å². The predicted molar refractivity (Wildman–Crippen MR) is 62.5 cm³/mol. The van der Waals surface area contributed by atoms with Crippen LogP contribution >= 0.6 is 0 Å². The van der Waals surface area contributed by atoms with Crippen LogP contribution in [0.5, 0.6) is 11.5 Å². The number of carbonyl (C=O) groups is 1. The van der Waals surface area contributed by atoms with Crippen molar-refractivity contribution < 1.29 is 14.3 Å². The number of nitrogens with one attached hydrogen (secondary N) is 1. The number of carbonyl (C=O) groups excluding carboxylic acids is 1. The second kappa shape index (κ2) is 5.51. The van der Waals surface area contributed by atoms with Crippen molar-refractivity contribution in [1.82, 2.24) is 5.32 Å². The highest BCUT2D eigenvalue weighted by atomic mass is 16.5. The Kier molecular flexibility index (Phi) is 4.31. The molecule has 0 radical (unpaired) electrons. The first kappa shape index (κ1) is 12.5. The summed E-state index contributed by atoms with van der Waals surface area (Å²) >= 11 is 0. The topological polar surface area (TPSA) is 47.6 Å². The molecule has 0 fully saturated rings. The van der Waals surface area contributed by atoms with Crippen molar-refractivity contribution in [3.63, 3.8) is 0 Å². The summed E-state index contributed by atoms with van der Waals surface area (Å²) in [7, 11) is 4.83. The third-order valence-electron chi connectivity index (χ3n) is 2.37. The second-order valence-corrected chi connectivity index (χ2v) is 3.45. The van der Waals surface area contributed by atoms with Crippen LogP contribution in [0.1, 0.15) is 15.9 Å². The molecule has 0 unspecified atom stereocenters. The fourth-order valence-electron chi connectivity index (χ4n) is 1.62. The van der Waals surface area contributed by atoms with Gasteiger partial charge in [-0.15, -0.1) is 0 Å². The average Bonchev–Trinajstić information content (AvgIpc) is 2.28. The Morgan fingerprint density at radius 3 is 2.50 bits per heavy atom. The van der Waals surface area contributed by atoms with Crippen LogP contribution in [-0.4, -0.2) is 33.6 Å². The number of methoxy groups -OCH3 is 2. The monoisotopic (exact) mass is 223 g/mol.